The number of nitrogens with zero attached hydrogens (tertiary/aromatic N) is 1. The summed E-state index contributed by atoms with van der Waals surface area (Å²) in [6.45, 7) is 0. The summed E-state index contributed by atoms with van der Waals surface area (Å²) < 4.78 is 0.497. The Kier molecular flexibility index (Phi) is 4.41. The summed E-state index contributed by atoms with van der Waals surface area (Å²) in [5, 5.41) is 19.8. The zero-order valence-electron chi connectivity index (χ0n) is 9.95. The number of aromatic carboxylic acids is 1. The first-order valence-corrected chi connectivity index (χ1v) is 7.04. The summed E-state index contributed by atoms with van der Waals surface area (Å²) in [7, 11) is 0. The highest BCUT2D eigenvalue weighted by Crippen LogP contribution is 2.34. The van der Waals surface area contributed by atoms with Crippen LogP contribution in [0.4, 0.5) is 5.69 Å². The fraction of sp³-hybridized carbons (Fsp3) is 0. The monoisotopic (exact) mass is 353 g/mol. The number of nitro benzene ring substituents is 1. The van der Waals surface area contributed by atoms with Gasteiger partial charge in [-0.1, -0.05) is 17.8 Å². The van der Waals surface area contributed by atoms with Gasteiger partial charge in [0.2, 0.25) is 0 Å². The Bertz CT molecular complexity index is 673. The lowest BCUT2D eigenvalue weighted by Crippen LogP contribution is -2.00. The van der Waals surface area contributed by atoms with E-state index in [4.69, 9.17) is 0 Å². The van der Waals surface area contributed by atoms with E-state index in [2.05, 4.69) is 15.9 Å². The van der Waals surface area contributed by atoms with E-state index in [1.807, 2.05) is 0 Å². The highest BCUT2D eigenvalue weighted by Gasteiger charge is 2.15. The quantitative estimate of drug-likeness (QED) is 0.657. The van der Waals surface area contributed by atoms with Crippen LogP contribution in [-0.4, -0.2) is 16.0 Å². The molecule has 0 aliphatic heterocycles. The normalized spacial score (nSPS) is 10.2. The number of hydrogen-bond donors (Lipinski definition) is 1. The predicted molar refractivity (Wildman–Crippen MR) is 78.3 cm³/mol. The highest BCUT2D eigenvalue weighted by molar-refractivity contribution is 9.10. The first-order chi connectivity index (χ1) is 9.49. The van der Waals surface area contributed by atoms with E-state index in [1.165, 1.54) is 23.9 Å². The van der Waals surface area contributed by atoms with Gasteiger partial charge in [-0.2, -0.15) is 0 Å². The van der Waals surface area contributed by atoms with Crippen molar-refractivity contribution in [1.82, 2.24) is 0 Å². The largest absolute Gasteiger partial charge is 0.478 e. The molecule has 5 nitrogen and oxygen atoms in total. The van der Waals surface area contributed by atoms with Crippen LogP contribution in [0, 0.1) is 10.1 Å². The van der Waals surface area contributed by atoms with Crippen molar-refractivity contribution in [2.75, 3.05) is 0 Å². The van der Waals surface area contributed by atoms with Crippen molar-refractivity contribution >= 4 is 39.3 Å². The molecule has 2 rings (SSSR count). The average molecular weight is 354 g/mol. The fourth-order valence-electron chi connectivity index (χ4n) is 1.56. The highest BCUT2D eigenvalue weighted by atomic mass is 79.9. The number of hydrogen-bond acceptors (Lipinski definition) is 4. The molecular formula is C13H8BrNO4S. The van der Waals surface area contributed by atoms with Gasteiger partial charge < -0.3 is 5.11 Å². The summed E-state index contributed by atoms with van der Waals surface area (Å²) in [4.78, 5) is 22.6. The zero-order chi connectivity index (χ0) is 14.7. The lowest BCUT2D eigenvalue weighted by Gasteiger charge is -2.07. The molecule has 0 aromatic heterocycles. The maximum atomic E-state index is 11.2. The Labute approximate surface area is 126 Å². The second-order valence-electron chi connectivity index (χ2n) is 3.77. The van der Waals surface area contributed by atoms with Crippen molar-refractivity contribution in [2.24, 2.45) is 0 Å². The molecule has 0 fully saturated rings. The lowest BCUT2D eigenvalue weighted by atomic mass is 10.2. The van der Waals surface area contributed by atoms with Crippen molar-refractivity contribution < 1.29 is 14.8 Å². The molecule has 0 spiro atoms. The molecule has 0 saturated heterocycles. The van der Waals surface area contributed by atoms with Gasteiger partial charge in [0.1, 0.15) is 0 Å². The van der Waals surface area contributed by atoms with Gasteiger partial charge >= 0.3 is 5.97 Å². The van der Waals surface area contributed by atoms with Gasteiger partial charge in [0, 0.05) is 26.4 Å². The van der Waals surface area contributed by atoms with Gasteiger partial charge in [-0.25, -0.2) is 4.79 Å². The summed E-state index contributed by atoms with van der Waals surface area (Å²) in [6.07, 6.45) is 0. The van der Waals surface area contributed by atoms with Crippen molar-refractivity contribution in [2.45, 2.75) is 9.79 Å². The molecule has 0 aliphatic rings. The van der Waals surface area contributed by atoms with Crippen LogP contribution in [0.15, 0.2) is 56.7 Å². The van der Waals surface area contributed by atoms with Gasteiger partial charge in [-0.3, -0.25) is 10.1 Å². The molecule has 2 aromatic rings. The molecule has 7 heteroatoms. The zero-order valence-corrected chi connectivity index (χ0v) is 12.3. The molecule has 0 aliphatic carbocycles. The minimum absolute atomic E-state index is 0.00190. The maximum absolute atomic E-state index is 11.2. The average Bonchev–Trinajstić information content (AvgIpc) is 2.39. The van der Waals surface area contributed by atoms with E-state index in [-0.39, 0.29) is 11.3 Å². The molecule has 0 heterocycles. The van der Waals surface area contributed by atoms with Crippen LogP contribution < -0.4 is 0 Å². The third kappa shape index (κ3) is 3.17. The SMILES string of the molecule is O=C(O)c1c(Br)cccc1Sc1ccc([N+](=O)[O-])cc1. The Balaban J connectivity index is 2.33. The van der Waals surface area contributed by atoms with Gasteiger partial charge in [0.15, 0.2) is 0 Å². The number of non-ortho nitro benzene ring substituents is 1. The molecule has 102 valence electrons. The molecule has 1 N–H and O–H groups in total. The number of halogens is 1. The number of carboxylic acid groups (broad SMARTS) is 1. The molecule has 2 aromatic carbocycles. The fourth-order valence-corrected chi connectivity index (χ4v) is 3.20. The molecule has 0 atom stereocenters. The summed E-state index contributed by atoms with van der Waals surface area (Å²) in [6, 6.07) is 11.1. The molecule has 0 amide bonds. The minimum Gasteiger partial charge on any atom is -0.478 e. The number of carboxylic acids is 1. The number of carbonyl (C=O) groups is 1. The van der Waals surface area contributed by atoms with Crippen LogP contribution in [0.25, 0.3) is 0 Å². The van der Waals surface area contributed by atoms with E-state index in [0.29, 0.717) is 9.37 Å². The first kappa shape index (κ1) is 14.5. The second kappa shape index (κ2) is 6.06. The van der Waals surface area contributed by atoms with Gasteiger partial charge in [0.25, 0.3) is 5.69 Å². The van der Waals surface area contributed by atoms with Crippen LogP contribution in [-0.2, 0) is 0 Å². The summed E-state index contributed by atoms with van der Waals surface area (Å²) in [5.41, 5.74) is 0.179. The van der Waals surface area contributed by atoms with E-state index in [1.54, 1.807) is 30.3 Å². The van der Waals surface area contributed by atoms with Crippen LogP contribution in [0.3, 0.4) is 0 Å². The van der Waals surface area contributed by atoms with Gasteiger partial charge in [-0.15, -0.1) is 0 Å². The molecule has 0 radical (unpaired) electrons. The van der Waals surface area contributed by atoms with Gasteiger partial charge in [0.05, 0.1) is 10.5 Å². The van der Waals surface area contributed by atoms with Crippen LogP contribution in [0.5, 0.6) is 0 Å². The maximum Gasteiger partial charge on any atom is 0.338 e. The van der Waals surface area contributed by atoms with Crippen LogP contribution >= 0.6 is 27.7 Å². The van der Waals surface area contributed by atoms with Crippen molar-refractivity contribution in [3.8, 4) is 0 Å². The third-order valence-corrected chi connectivity index (χ3v) is 4.19. The van der Waals surface area contributed by atoms with Crippen LogP contribution in [0.1, 0.15) is 10.4 Å². The van der Waals surface area contributed by atoms with Crippen molar-refractivity contribution in [1.29, 1.82) is 0 Å². The lowest BCUT2D eigenvalue weighted by molar-refractivity contribution is -0.384. The van der Waals surface area contributed by atoms with E-state index >= 15 is 0 Å². The Morgan fingerprint density at radius 3 is 2.40 bits per heavy atom. The number of benzene rings is 2. The second-order valence-corrected chi connectivity index (χ2v) is 5.74. The Hall–Kier alpha value is -1.86. The topological polar surface area (TPSA) is 80.4 Å². The van der Waals surface area contributed by atoms with Gasteiger partial charge in [-0.05, 0) is 40.2 Å². The van der Waals surface area contributed by atoms with E-state index in [9.17, 15) is 20.0 Å². The molecular weight excluding hydrogens is 346 g/mol. The van der Waals surface area contributed by atoms with Crippen molar-refractivity contribution in [3.05, 3.63) is 62.6 Å². The summed E-state index contributed by atoms with van der Waals surface area (Å²) >= 11 is 4.45. The smallest absolute Gasteiger partial charge is 0.338 e. The molecule has 0 saturated carbocycles. The van der Waals surface area contributed by atoms with Crippen molar-refractivity contribution in [3.63, 3.8) is 0 Å². The summed E-state index contributed by atoms with van der Waals surface area (Å²) in [5.74, 6) is -1.03. The number of rotatable bonds is 4. The molecule has 20 heavy (non-hydrogen) atoms. The Morgan fingerprint density at radius 2 is 1.85 bits per heavy atom. The molecule has 0 bridgehead atoms. The predicted octanol–water partition coefficient (Wildman–Crippen LogP) is 4.21. The van der Waals surface area contributed by atoms with Crippen LogP contribution in [0.2, 0.25) is 0 Å². The van der Waals surface area contributed by atoms with E-state index < -0.39 is 10.9 Å². The van der Waals surface area contributed by atoms with E-state index in [0.717, 1.165) is 4.90 Å². The Morgan fingerprint density at radius 1 is 1.20 bits per heavy atom. The third-order valence-electron chi connectivity index (χ3n) is 2.46. The number of nitro groups is 1. The first-order valence-electron chi connectivity index (χ1n) is 5.43. The molecule has 0 unspecified atom stereocenters. The standard InChI is InChI=1S/C13H8BrNO4S/c14-10-2-1-3-11(12(10)13(16)17)20-9-6-4-8(5-7-9)15(18)19/h1-7H,(H,16,17). The minimum atomic E-state index is -1.03.